The van der Waals surface area contributed by atoms with E-state index < -0.39 is 0 Å². The Bertz CT molecular complexity index is 634. The molecule has 0 aromatic carbocycles. The zero-order valence-corrected chi connectivity index (χ0v) is 30.0. The molecule has 0 aliphatic heterocycles. The summed E-state index contributed by atoms with van der Waals surface area (Å²) in [5.74, 6) is -0.549. The van der Waals surface area contributed by atoms with E-state index in [9.17, 15) is 9.59 Å². The number of unbranched alkanes of at least 4 members (excludes halogenated alkanes) is 9. The van der Waals surface area contributed by atoms with Gasteiger partial charge in [0.05, 0.1) is 39.3 Å². The van der Waals surface area contributed by atoms with Gasteiger partial charge in [-0.1, -0.05) is 51.7 Å². The smallest absolute Gasteiger partial charge is 0.333 e. The van der Waals surface area contributed by atoms with Crippen LogP contribution in [0.3, 0.4) is 0 Å². The van der Waals surface area contributed by atoms with Crippen molar-refractivity contribution in [1.29, 1.82) is 0 Å². The largest absolute Gasteiger partial charge is 1.00 e. The number of carbonyl (C=O) groups is 2. The summed E-state index contributed by atoms with van der Waals surface area (Å²) in [7, 11) is 0. The molecule has 0 N–H and O–H groups in total. The minimum atomic E-state index is -0.275. The monoisotopic (exact) mass is 696 g/mol. The van der Waals surface area contributed by atoms with Crippen LogP contribution in [0.4, 0.5) is 0 Å². The molecule has 0 amide bonds. The quantitative estimate of drug-likeness (QED) is 0.0615. The minimum absolute atomic E-state index is 0. The van der Waals surface area contributed by atoms with Crippen LogP contribution in [-0.4, -0.2) is 86.5 Å². The molecule has 0 aliphatic carbocycles. The highest BCUT2D eigenvalue weighted by atomic mass is 79.9. The number of quaternary nitrogens is 2. The van der Waals surface area contributed by atoms with Crippen LogP contribution in [0.5, 0.6) is 0 Å². The first-order valence-corrected chi connectivity index (χ1v) is 15.5. The predicted molar refractivity (Wildman–Crippen MR) is 160 cm³/mol. The van der Waals surface area contributed by atoms with Crippen molar-refractivity contribution < 1.29 is 62.0 Å². The van der Waals surface area contributed by atoms with Crippen LogP contribution >= 0.6 is 0 Å². The van der Waals surface area contributed by atoms with Gasteiger partial charge in [0.15, 0.2) is 0 Å². The van der Waals surface area contributed by atoms with Crippen molar-refractivity contribution in [3.05, 3.63) is 24.3 Å². The van der Waals surface area contributed by atoms with Crippen molar-refractivity contribution in [1.82, 2.24) is 0 Å². The molecule has 238 valence electrons. The SMILES string of the molecule is C=C(C)C(=O)OCC[N+](CC)(CC)CCCCCCCCCCCC[N+](CC)(CC)CCOC(=O)C(=C)C.[Br-].[Br-]. The zero-order chi connectivity index (χ0) is 28.9. The molecule has 0 saturated heterocycles. The fraction of sp³-hybridized carbons (Fsp3) is 0.812. The van der Waals surface area contributed by atoms with Crippen LogP contribution in [0, 0.1) is 0 Å². The maximum Gasteiger partial charge on any atom is 0.333 e. The van der Waals surface area contributed by atoms with Crippen molar-refractivity contribution in [2.24, 2.45) is 0 Å². The van der Waals surface area contributed by atoms with E-state index in [1.54, 1.807) is 13.8 Å². The standard InChI is InChI=1S/C32H62N2O4.2BrH/c1-9-33(10-2,25-27-37-31(35)29(5)6)23-21-19-17-15-13-14-16-18-20-22-24-34(11-3,12-4)26-28-38-32(36)30(7)8;;/h5,7,9-28H2,1-4,6,8H3;2*1H/q+2;;/p-2. The Hall–Kier alpha value is -0.700. The van der Waals surface area contributed by atoms with E-state index in [0.717, 1.165) is 48.2 Å². The lowest BCUT2D eigenvalue weighted by atomic mass is 10.1. The molecule has 0 unspecified atom stereocenters. The van der Waals surface area contributed by atoms with Crippen LogP contribution in [0.2, 0.25) is 0 Å². The number of rotatable bonds is 25. The van der Waals surface area contributed by atoms with E-state index in [2.05, 4.69) is 40.9 Å². The summed E-state index contributed by atoms with van der Waals surface area (Å²) >= 11 is 0. The molecule has 0 saturated carbocycles. The number of halogens is 2. The first-order valence-electron chi connectivity index (χ1n) is 15.5. The van der Waals surface area contributed by atoms with E-state index in [1.165, 1.54) is 77.3 Å². The summed E-state index contributed by atoms with van der Waals surface area (Å²) in [6.45, 7) is 29.1. The summed E-state index contributed by atoms with van der Waals surface area (Å²) in [6.07, 6.45) is 13.1. The Labute approximate surface area is 268 Å². The maximum absolute atomic E-state index is 11.7. The average molecular weight is 699 g/mol. The highest BCUT2D eigenvalue weighted by Gasteiger charge is 2.24. The molecular formula is C32H62Br2N2O4. The molecule has 0 aromatic rings. The number of hydrogen-bond donors (Lipinski definition) is 0. The summed E-state index contributed by atoms with van der Waals surface area (Å²) in [5.41, 5.74) is 0.947. The second-order valence-corrected chi connectivity index (χ2v) is 11.2. The van der Waals surface area contributed by atoms with Gasteiger partial charge in [0.1, 0.15) is 26.3 Å². The van der Waals surface area contributed by atoms with E-state index in [1.807, 2.05) is 0 Å². The fourth-order valence-corrected chi connectivity index (χ4v) is 5.15. The number of nitrogens with zero attached hydrogens (tertiary/aromatic N) is 2. The van der Waals surface area contributed by atoms with Crippen molar-refractivity contribution >= 4 is 11.9 Å². The highest BCUT2D eigenvalue weighted by molar-refractivity contribution is 5.87. The first kappa shape index (κ1) is 43.7. The molecule has 0 aromatic heterocycles. The van der Waals surface area contributed by atoms with Gasteiger partial charge in [-0.2, -0.15) is 0 Å². The van der Waals surface area contributed by atoms with Gasteiger partial charge in [-0.3, -0.25) is 0 Å². The van der Waals surface area contributed by atoms with Gasteiger partial charge < -0.3 is 52.4 Å². The van der Waals surface area contributed by atoms with E-state index in [-0.39, 0.29) is 45.9 Å². The van der Waals surface area contributed by atoms with Gasteiger partial charge in [-0.05, 0) is 67.2 Å². The average Bonchev–Trinajstić information content (AvgIpc) is 2.91. The van der Waals surface area contributed by atoms with Crippen LogP contribution in [0.15, 0.2) is 24.3 Å². The molecule has 0 fully saturated rings. The van der Waals surface area contributed by atoms with Crippen molar-refractivity contribution in [2.45, 2.75) is 106 Å². The molecular weight excluding hydrogens is 636 g/mol. The fourth-order valence-electron chi connectivity index (χ4n) is 5.15. The van der Waals surface area contributed by atoms with E-state index in [0.29, 0.717) is 24.4 Å². The second kappa shape index (κ2) is 26.0. The Morgan fingerprint density at radius 3 is 0.975 bits per heavy atom. The van der Waals surface area contributed by atoms with Crippen LogP contribution in [0.25, 0.3) is 0 Å². The lowest BCUT2D eigenvalue weighted by molar-refractivity contribution is -0.925. The van der Waals surface area contributed by atoms with Crippen molar-refractivity contribution in [3.8, 4) is 0 Å². The number of likely N-dealkylation sites (N-methyl/N-ethyl adjacent to an activating group) is 2. The Balaban J connectivity index is -0.00000684. The van der Waals surface area contributed by atoms with Gasteiger partial charge in [0.2, 0.25) is 0 Å². The topological polar surface area (TPSA) is 52.6 Å². The summed E-state index contributed by atoms with van der Waals surface area (Å²) in [5, 5.41) is 0. The molecule has 40 heavy (non-hydrogen) atoms. The van der Waals surface area contributed by atoms with Crippen molar-refractivity contribution in [3.63, 3.8) is 0 Å². The summed E-state index contributed by atoms with van der Waals surface area (Å²) in [6, 6.07) is 0. The van der Waals surface area contributed by atoms with Gasteiger partial charge in [-0.25, -0.2) is 9.59 Å². The molecule has 6 nitrogen and oxygen atoms in total. The van der Waals surface area contributed by atoms with Gasteiger partial charge in [0, 0.05) is 11.1 Å². The first-order chi connectivity index (χ1) is 18.1. The number of esters is 2. The summed E-state index contributed by atoms with van der Waals surface area (Å²) < 4.78 is 12.8. The molecule has 0 heterocycles. The Kier molecular flexibility index (Phi) is 28.4. The van der Waals surface area contributed by atoms with E-state index >= 15 is 0 Å². The molecule has 8 heteroatoms. The summed E-state index contributed by atoms with van der Waals surface area (Å²) in [4.78, 5) is 23.3. The zero-order valence-electron chi connectivity index (χ0n) is 26.8. The molecule has 0 rings (SSSR count). The van der Waals surface area contributed by atoms with E-state index in [4.69, 9.17) is 9.47 Å². The highest BCUT2D eigenvalue weighted by Crippen LogP contribution is 2.15. The normalized spacial score (nSPS) is 11.2. The Morgan fingerprint density at radius 1 is 0.500 bits per heavy atom. The predicted octanol–water partition coefficient (Wildman–Crippen LogP) is 0.847. The van der Waals surface area contributed by atoms with Gasteiger partial charge in [-0.15, -0.1) is 0 Å². The number of ether oxygens (including phenoxy) is 2. The van der Waals surface area contributed by atoms with Crippen LogP contribution in [-0.2, 0) is 19.1 Å². The van der Waals surface area contributed by atoms with Gasteiger partial charge in [0.25, 0.3) is 0 Å². The third-order valence-electron chi connectivity index (χ3n) is 8.49. The second-order valence-electron chi connectivity index (χ2n) is 11.2. The van der Waals surface area contributed by atoms with Crippen LogP contribution < -0.4 is 34.0 Å². The van der Waals surface area contributed by atoms with Gasteiger partial charge >= 0.3 is 11.9 Å². The van der Waals surface area contributed by atoms with Crippen molar-refractivity contribution in [2.75, 3.05) is 65.6 Å². The minimum Gasteiger partial charge on any atom is -1.00 e. The Morgan fingerprint density at radius 2 is 0.750 bits per heavy atom. The van der Waals surface area contributed by atoms with Crippen LogP contribution in [0.1, 0.15) is 106 Å². The number of hydrogen-bond acceptors (Lipinski definition) is 4. The molecule has 0 bridgehead atoms. The lowest BCUT2D eigenvalue weighted by Gasteiger charge is -2.36. The molecule has 0 radical (unpaired) electrons. The molecule has 0 aliphatic rings. The third kappa shape index (κ3) is 19.4. The lowest BCUT2D eigenvalue weighted by Crippen LogP contribution is -3.00. The number of carbonyl (C=O) groups excluding carboxylic acids is 2. The maximum atomic E-state index is 11.7. The third-order valence-corrected chi connectivity index (χ3v) is 8.49. The molecule has 0 spiro atoms. The molecule has 0 atom stereocenters.